The van der Waals surface area contributed by atoms with Gasteiger partial charge in [0.25, 0.3) is 0 Å². The summed E-state index contributed by atoms with van der Waals surface area (Å²) in [5, 5.41) is 13.0. The first-order valence-corrected chi connectivity index (χ1v) is 8.52. The molecule has 2 rings (SSSR count). The van der Waals surface area contributed by atoms with Crippen LogP contribution in [-0.2, 0) is 6.54 Å². The highest BCUT2D eigenvalue weighted by molar-refractivity contribution is 14.0. The van der Waals surface area contributed by atoms with Gasteiger partial charge in [-0.2, -0.15) is 0 Å². The molecule has 136 valence electrons. The summed E-state index contributed by atoms with van der Waals surface area (Å²) in [5.41, 5.74) is 1.06. The lowest BCUT2D eigenvalue weighted by atomic mass is 10.1. The Labute approximate surface area is 161 Å². The van der Waals surface area contributed by atoms with Crippen LogP contribution in [0.3, 0.4) is 0 Å². The van der Waals surface area contributed by atoms with E-state index < -0.39 is 0 Å². The molecule has 0 aromatic carbocycles. The highest BCUT2D eigenvalue weighted by atomic mass is 127. The SMILES string of the molecule is CCCOc1ccc(CN=C(NCC)N2CCC(O)CC2)cn1.I. The standard InChI is InChI=1S/C17H28N4O2.HI/c1-3-11-23-16-6-5-14(12-19-16)13-20-17(18-4-2)21-9-7-15(22)8-10-21;/h5-6,12,15,22H,3-4,7-11,13H2,1-2H3,(H,18,20);1H. The van der Waals surface area contributed by atoms with Gasteiger partial charge in [0.15, 0.2) is 5.96 Å². The number of piperidine rings is 1. The van der Waals surface area contributed by atoms with Gasteiger partial charge in [-0.15, -0.1) is 24.0 Å². The van der Waals surface area contributed by atoms with E-state index in [2.05, 4.69) is 29.0 Å². The first kappa shape index (κ1) is 21.0. The number of likely N-dealkylation sites (tertiary alicyclic amines) is 1. The summed E-state index contributed by atoms with van der Waals surface area (Å²) in [5.74, 6) is 1.57. The first-order chi connectivity index (χ1) is 11.2. The minimum atomic E-state index is -0.172. The summed E-state index contributed by atoms with van der Waals surface area (Å²) >= 11 is 0. The summed E-state index contributed by atoms with van der Waals surface area (Å²) in [7, 11) is 0. The van der Waals surface area contributed by atoms with Crippen LogP contribution in [0, 0.1) is 0 Å². The van der Waals surface area contributed by atoms with Crippen molar-refractivity contribution in [3.8, 4) is 5.88 Å². The fourth-order valence-electron chi connectivity index (χ4n) is 2.47. The molecule has 0 aliphatic carbocycles. The molecule has 0 spiro atoms. The van der Waals surface area contributed by atoms with Crippen LogP contribution in [0.15, 0.2) is 23.3 Å². The number of halogens is 1. The number of rotatable bonds is 6. The number of nitrogens with zero attached hydrogens (tertiary/aromatic N) is 3. The third kappa shape index (κ3) is 6.80. The number of hydrogen-bond acceptors (Lipinski definition) is 4. The predicted octanol–water partition coefficient (Wildman–Crippen LogP) is 2.41. The number of guanidine groups is 1. The predicted molar refractivity (Wildman–Crippen MR) is 107 cm³/mol. The second-order valence-electron chi connectivity index (χ2n) is 5.74. The molecule has 0 bridgehead atoms. The van der Waals surface area contributed by atoms with Gasteiger partial charge in [-0.1, -0.05) is 13.0 Å². The Morgan fingerprint density at radius 3 is 2.71 bits per heavy atom. The molecule has 2 N–H and O–H groups in total. The normalized spacial score (nSPS) is 15.8. The van der Waals surface area contributed by atoms with Gasteiger partial charge in [-0.3, -0.25) is 0 Å². The van der Waals surface area contributed by atoms with Crippen molar-refractivity contribution in [2.24, 2.45) is 4.99 Å². The van der Waals surface area contributed by atoms with Gasteiger partial charge in [0.1, 0.15) is 0 Å². The maximum absolute atomic E-state index is 9.63. The molecule has 1 aromatic rings. The average Bonchev–Trinajstić information content (AvgIpc) is 2.58. The molecule has 0 saturated carbocycles. The molecule has 24 heavy (non-hydrogen) atoms. The second-order valence-corrected chi connectivity index (χ2v) is 5.74. The third-order valence-electron chi connectivity index (χ3n) is 3.76. The van der Waals surface area contributed by atoms with Gasteiger partial charge in [0, 0.05) is 31.9 Å². The molecule has 1 aromatic heterocycles. The summed E-state index contributed by atoms with van der Waals surface area (Å²) in [6.45, 7) is 7.93. The van der Waals surface area contributed by atoms with Gasteiger partial charge in [0.2, 0.25) is 5.88 Å². The Balaban J connectivity index is 0.00000288. The van der Waals surface area contributed by atoms with Crippen molar-refractivity contribution in [1.29, 1.82) is 0 Å². The van der Waals surface area contributed by atoms with Crippen molar-refractivity contribution in [2.45, 2.75) is 45.8 Å². The molecule has 1 aliphatic heterocycles. The number of ether oxygens (including phenoxy) is 1. The van der Waals surface area contributed by atoms with Gasteiger partial charge < -0.3 is 20.1 Å². The fourth-order valence-corrected chi connectivity index (χ4v) is 2.47. The van der Waals surface area contributed by atoms with E-state index >= 15 is 0 Å². The van der Waals surface area contributed by atoms with Gasteiger partial charge in [0.05, 0.1) is 19.3 Å². The van der Waals surface area contributed by atoms with E-state index in [1.54, 1.807) is 0 Å². The van der Waals surface area contributed by atoms with Crippen molar-refractivity contribution < 1.29 is 9.84 Å². The molecule has 1 saturated heterocycles. The van der Waals surface area contributed by atoms with Crippen molar-refractivity contribution >= 4 is 29.9 Å². The van der Waals surface area contributed by atoms with E-state index in [0.717, 1.165) is 50.4 Å². The minimum Gasteiger partial charge on any atom is -0.478 e. The lowest BCUT2D eigenvalue weighted by Crippen LogP contribution is -2.46. The largest absolute Gasteiger partial charge is 0.478 e. The van der Waals surface area contributed by atoms with Crippen LogP contribution in [0.5, 0.6) is 5.88 Å². The van der Waals surface area contributed by atoms with Gasteiger partial charge >= 0.3 is 0 Å². The lowest BCUT2D eigenvalue weighted by Gasteiger charge is -2.32. The number of aromatic nitrogens is 1. The molecular formula is C17H29IN4O2. The van der Waals surface area contributed by atoms with Gasteiger partial charge in [-0.05, 0) is 31.7 Å². The van der Waals surface area contributed by atoms with Crippen molar-refractivity contribution in [3.63, 3.8) is 0 Å². The first-order valence-electron chi connectivity index (χ1n) is 8.52. The lowest BCUT2D eigenvalue weighted by molar-refractivity contribution is 0.108. The molecule has 0 unspecified atom stereocenters. The van der Waals surface area contributed by atoms with Crippen LogP contribution >= 0.6 is 24.0 Å². The van der Waals surface area contributed by atoms with Crippen LogP contribution in [0.25, 0.3) is 0 Å². The smallest absolute Gasteiger partial charge is 0.213 e. The topological polar surface area (TPSA) is 70.0 Å². The number of aliphatic imine (C=N–C) groups is 1. The summed E-state index contributed by atoms with van der Waals surface area (Å²) in [6, 6.07) is 3.90. The molecule has 1 fully saturated rings. The Morgan fingerprint density at radius 1 is 1.38 bits per heavy atom. The average molecular weight is 448 g/mol. The Kier molecular flexibility index (Phi) is 10.0. The molecule has 6 nitrogen and oxygen atoms in total. The monoisotopic (exact) mass is 448 g/mol. The number of aliphatic hydroxyl groups excluding tert-OH is 1. The van der Waals surface area contributed by atoms with E-state index in [4.69, 9.17) is 9.73 Å². The molecule has 2 heterocycles. The Morgan fingerprint density at radius 2 is 2.12 bits per heavy atom. The van der Waals surface area contributed by atoms with Gasteiger partial charge in [-0.25, -0.2) is 9.98 Å². The Bertz CT molecular complexity index is 488. The van der Waals surface area contributed by atoms with Crippen LogP contribution in [0.2, 0.25) is 0 Å². The van der Waals surface area contributed by atoms with E-state index in [1.165, 1.54) is 0 Å². The number of nitrogens with one attached hydrogen (secondary N) is 1. The molecule has 7 heteroatoms. The van der Waals surface area contributed by atoms with E-state index in [-0.39, 0.29) is 30.1 Å². The number of aliphatic hydroxyl groups is 1. The summed E-state index contributed by atoms with van der Waals surface area (Å²) in [4.78, 5) is 11.2. The maximum atomic E-state index is 9.63. The van der Waals surface area contributed by atoms with E-state index in [1.807, 2.05) is 18.3 Å². The summed E-state index contributed by atoms with van der Waals surface area (Å²) < 4.78 is 5.49. The third-order valence-corrected chi connectivity index (χ3v) is 3.76. The zero-order valence-corrected chi connectivity index (χ0v) is 16.9. The van der Waals surface area contributed by atoms with Crippen LogP contribution < -0.4 is 10.1 Å². The van der Waals surface area contributed by atoms with Crippen LogP contribution in [0.1, 0.15) is 38.7 Å². The molecule has 1 aliphatic rings. The summed E-state index contributed by atoms with van der Waals surface area (Å²) in [6.07, 6.45) is 4.22. The highest BCUT2D eigenvalue weighted by Crippen LogP contribution is 2.12. The fraction of sp³-hybridized carbons (Fsp3) is 0.647. The van der Waals surface area contributed by atoms with Crippen molar-refractivity contribution in [3.05, 3.63) is 23.9 Å². The molecular weight excluding hydrogens is 419 g/mol. The second kappa shape index (κ2) is 11.5. The van der Waals surface area contributed by atoms with Crippen molar-refractivity contribution in [2.75, 3.05) is 26.2 Å². The van der Waals surface area contributed by atoms with E-state index in [9.17, 15) is 5.11 Å². The number of pyridine rings is 1. The zero-order valence-electron chi connectivity index (χ0n) is 14.6. The number of hydrogen-bond donors (Lipinski definition) is 2. The van der Waals surface area contributed by atoms with Crippen LogP contribution in [0.4, 0.5) is 0 Å². The zero-order chi connectivity index (χ0) is 16.5. The van der Waals surface area contributed by atoms with Crippen LogP contribution in [-0.4, -0.2) is 53.3 Å². The minimum absolute atomic E-state index is 0. The van der Waals surface area contributed by atoms with Crippen molar-refractivity contribution in [1.82, 2.24) is 15.2 Å². The highest BCUT2D eigenvalue weighted by Gasteiger charge is 2.19. The molecule has 0 radical (unpaired) electrons. The quantitative estimate of drug-likeness (QED) is 0.398. The molecule has 0 amide bonds. The van der Waals surface area contributed by atoms with E-state index in [0.29, 0.717) is 19.0 Å². The maximum Gasteiger partial charge on any atom is 0.213 e. The molecule has 0 atom stereocenters. The Hall–Kier alpha value is -1.09.